The number of nitrogens with zero attached hydrogens (tertiary/aromatic N) is 4. The first-order valence-corrected chi connectivity index (χ1v) is 8.27. The van der Waals surface area contributed by atoms with E-state index in [1.54, 1.807) is 0 Å². The predicted octanol–water partition coefficient (Wildman–Crippen LogP) is 0.0919. The van der Waals surface area contributed by atoms with Crippen molar-refractivity contribution in [2.24, 2.45) is 0 Å². The van der Waals surface area contributed by atoms with Crippen LogP contribution in [-0.4, -0.2) is 77.7 Å². The van der Waals surface area contributed by atoms with Crippen molar-refractivity contribution in [3.8, 4) is 0 Å². The summed E-state index contributed by atoms with van der Waals surface area (Å²) < 4.78 is 11.3. The van der Waals surface area contributed by atoms with Gasteiger partial charge in [-0.3, -0.25) is 0 Å². The van der Waals surface area contributed by atoms with Gasteiger partial charge in [0, 0.05) is 0 Å². The van der Waals surface area contributed by atoms with Gasteiger partial charge in [0.25, 0.3) is 0 Å². The van der Waals surface area contributed by atoms with E-state index in [1.165, 1.54) is 52.4 Å². The minimum atomic E-state index is -1.81. The molecule has 4 aliphatic rings. The van der Waals surface area contributed by atoms with Gasteiger partial charge in [-0.15, -0.1) is 0 Å². The van der Waals surface area contributed by atoms with Crippen LogP contribution < -0.4 is 0 Å². The van der Waals surface area contributed by atoms with Gasteiger partial charge in [-0.25, -0.2) is 0 Å². The maximum absolute atomic E-state index is 2.82. The maximum atomic E-state index is 2.82. The molecule has 4 nitrogen and oxygen atoms in total. The summed E-state index contributed by atoms with van der Waals surface area (Å²) in [5.41, 5.74) is 0. The zero-order valence-corrected chi connectivity index (χ0v) is 9.79. The van der Waals surface area contributed by atoms with E-state index in [0.717, 1.165) is 0 Å². The van der Waals surface area contributed by atoms with Gasteiger partial charge in [0.15, 0.2) is 0 Å². The van der Waals surface area contributed by atoms with Crippen molar-refractivity contribution < 1.29 is 0 Å². The summed E-state index contributed by atoms with van der Waals surface area (Å²) in [5, 5.41) is 0. The standard InChI is InChI=1S/C9H19N4P/c1-14-10-2-3-11(14)6-7-13(14)9-8-12(14)5-4-10/h2-9H2,1H3. The molecule has 4 aliphatic heterocycles. The fourth-order valence-electron chi connectivity index (χ4n) is 4.32. The van der Waals surface area contributed by atoms with Gasteiger partial charge in [-0.2, -0.15) is 0 Å². The average Bonchev–Trinajstić information content (AvgIpc) is 2.70. The van der Waals surface area contributed by atoms with E-state index in [2.05, 4.69) is 25.3 Å². The van der Waals surface area contributed by atoms with Crippen LogP contribution in [0.4, 0.5) is 0 Å². The van der Waals surface area contributed by atoms with Crippen molar-refractivity contribution in [1.29, 1.82) is 0 Å². The van der Waals surface area contributed by atoms with Gasteiger partial charge < -0.3 is 0 Å². The zero-order chi connectivity index (χ0) is 9.41. The van der Waals surface area contributed by atoms with Gasteiger partial charge >= 0.3 is 84.9 Å². The topological polar surface area (TPSA) is 13.0 Å². The first kappa shape index (κ1) is 8.43. The van der Waals surface area contributed by atoms with E-state index < -0.39 is 7.21 Å². The first-order chi connectivity index (χ1) is 6.75. The quantitative estimate of drug-likeness (QED) is 0.530. The van der Waals surface area contributed by atoms with E-state index in [9.17, 15) is 0 Å². The van der Waals surface area contributed by atoms with Crippen molar-refractivity contribution in [3.05, 3.63) is 0 Å². The Morgan fingerprint density at radius 1 is 0.571 bits per heavy atom. The molecule has 0 aromatic rings. The summed E-state index contributed by atoms with van der Waals surface area (Å²) in [6.07, 6.45) is 0. The van der Waals surface area contributed by atoms with Gasteiger partial charge in [0.1, 0.15) is 0 Å². The van der Waals surface area contributed by atoms with E-state index in [4.69, 9.17) is 0 Å². The van der Waals surface area contributed by atoms with Crippen LogP contribution in [0.1, 0.15) is 0 Å². The molecular weight excluding hydrogens is 195 g/mol. The van der Waals surface area contributed by atoms with Crippen molar-refractivity contribution in [1.82, 2.24) is 18.7 Å². The Bertz CT molecular complexity index is 232. The summed E-state index contributed by atoms with van der Waals surface area (Å²) in [7, 11) is -1.81. The summed E-state index contributed by atoms with van der Waals surface area (Å²) in [6, 6.07) is 0. The van der Waals surface area contributed by atoms with Crippen LogP contribution in [0.25, 0.3) is 0 Å². The molecule has 5 heteroatoms. The number of hydrogen-bond donors (Lipinski definition) is 0. The van der Waals surface area contributed by atoms with Gasteiger partial charge in [-0.1, -0.05) is 0 Å². The number of hydrogen-bond acceptors (Lipinski definition) is 4. The third-order valence-electron chi connectivity index (χ3n) is 5.11. The SMILES string of the molecule is CP123N4CCN1CCN2CCN3CC4. The van der Waals surface area contributed by atoms with Crippen LogP contribution in [-0.2, 0) is 0 Å². The Labute approximate surface area is 85.6 Å². The Hall–Kier alpha value is 0.270. The van der Waals surface area contributed by atoms with E-state index in [-0.39, 0.29) is 0 Å². The number of rotatable bonds is 0. The zero-order valence-electron chi connectivity index (χ0n) is 8.89. The average molecular weight is 214 g/mol. The summed E-state index contributed by atoms with van der Waals surface area (Å²) >= 11 is 0. The molecule has 14 heavy (non-hydrogen) atoms. The van der Waals surface area contributed by atoms with E-state index in [0.29, 0.717) is 0 Å². The van der Waals surface area contributed by atoms with Crippen molar-refractivity contribution in [2.45, 2.75) is 0 Å². The molecule has 0 N–H and O–H groups in total. The molecule has 1 spiro atoms. The second-order valence-corrected chi connectivity index (χ2v) is 10.1. The molecule has 0 saturated carbocycles. The molecule has 0 amide bonds. The van der Waals surface area contributed by atoms with Gasteiger partial charge in [0.2, 0.25) is 0 Å². The van der Waals surface area contributed by atoms with Crippen LogP contribution >= 0.6 is 7.21 Å². The van der Waals surface area contributed by atoms with E-state index >= 15 is 0 Å². The summed E-state index contributed by atoms with van der Waals surface area (Å²) in [4.78, 5) is 0. The second-order valence-electron chi connectivity index (χ2n) is 5.15. The molecular formula is C9H19N4P. The molecule has 4 rings (SSSR count). The summed E-state index contributed by atoms with van der Waals surface area (Å²) in [6.45, 7) is 13.2. The monoisotopic (exact) mass is 214 g/mol. The molecule has 0 atom stereocenters. The van der Waals surface area contributed by atoms with Crippen molar-refractivity contribution >= 4 is 7.21 Å². The fourth-order valence-corrected chi connectivity index (χ4v) is 10.9. The van der Waals surface area contributed by atoms with Gasteiger partial charge in [0.05, 0.1) is 0 Å². The summed E-state index contributed by atoms with van der Waals surface area (Å²) in [5.74, 6) is 0. The predicted molar refractivity (Wildman–Crippen MR) is 59.1 cm³/mol. The Morgan fingerprint density at radius 2 is 0.786 bits per heavy atom. The molecule has 4 saturated heterocycles. The molecule has 0 radical (unpaired) electrons. The third-order valence-corrected chi connectivity index (χ3v) is 12.0. The van der Waals surface area contributed by atoms with Crippen LogP contribution in [0.3, 0.4) is 0 Å². The van der Waals surface area contributed by atoms with E-state index in [1.807, 2.05) is 0 Å². The molecule has 4 fully saturated rings. The molecule has 0 aromatic carbocycles. The normalized spacial score (nSPS) is 43.6. The second kappa shape index (κ2) is 2.18. The Balaban J connectivity index is 1.97. The molecule has 0 bridgehead atoms. The third kappa shape index (κ3) is 0.570. The Kier molecular flexibility index (Phi) is 1.31. The van der Waals surface area contributed by atoms with Crippen molar-refractivity contribution in [2.75, 3.05) is 59.0 Å². The minimum absolute atomic E-state index is 1.32. The van der Waals surface area contributed by atoms with Crippen LogP contribution in [0.2, 0.25) is 0 Å². The molecule has 0 aliphatic carbocycles. The fraction of sp³-hybridized carbons (Fsp3) is 1.00. The van der Waals surface area contributed by atoms with Crippen LogP contribution in [0.15, 0.2) is 0 Å². The molecule has 0 aromatic heterocycles. The first-order valence-electron chi connectivity index (χ1n) is 5.78. The van der Waals surface area contributed by atoms with Crippen molar-refractivity contribution in [3.63, 3.8) is 0 Å². The molecule has 4 heterocycles. The molecule has 80 valence electrons. The van der Waals surface area contributed by atoms with Gasteiger partial charge in [-0.05, 0) is 0 Å². The molecule has 0 unspecified atom stereocenters. The Morgan fingerprint density at radius 3 is 1.00 bits per heavy atom. The van der Waals surface area contributed by atoms with Crippen LogP contribution in [0.5, 0.6) is 0 Å². The van der Waals surface area contributed by atoms with Crippen LogP contribution in [0, 0.1) is 0 Å².